The van der Waals surface area contributed by atoms with Gasteiger partial charge in [-0.25, -0.2) is 0 Å². The first-order valence-corrected chi connectivity index (χ1v) is 8.03. The summed E-state index contributed by atoms with van der Waals surface area (Å²) in [6, 6.07) is 16.6. The molecule has 2 rings (SSSR count). The molecule has 0 unspecified atom stereocenters. The molecule has 1 atom stereocenters. The van der Waals surface area contributed by atoms with Crippen LogP contribution in [0.5, 0.6) is 5.75 Å². The lowest BCUT2D eigenvalue weighted by atomic mass is 10.0. The highest BCUT2D eigenvalue weighted by Gasteiger charge is 2.08. The lowest BCUT2D eigenvalue weighted by molar-refractivity contribution is 0.103. The topological polar surface area (TPSA) is 52.3 Å². The standard InChI is InChI=1S/C18H21NO2S/c19-16(13-22)7-4-12-21-17-10-8-15(9-11-17)18(20)14-5-2-1-3-6-14/h1-3,5-6,8-11,16,22H,4,7,12-13,19H2/t16-/m0/s1. The van der Waals surface area contributed by atoms with Crippen LogP contribution in [0.3, 0.4) is 0 Å². The lowest BCUT2D eigenvalue weighted by Gasteiger charge is -2.09. The van der Waals surface area contributed by atoms with Crippen molar-refractivity contribution in [3.05, 3.63) is 65.7 Å². The number of hydrogen-bond acceptors (Lipinski definition) is 4. The number of thiol groups is 1. The molecule has 2 aromatic rings. The molecule has 3 nitrogen and oxygen atoms in total. The van der Waals surface area contributed by atoms with Crippen LogP contribution in [0.4, 0.5) is 0 Å². The Labute approximate surface area is 136 Å². The second-order valence-electron chi connectivity index (χ2n) is 5.15. The molecule has 0 saturated heterocycles. The van der Waals surface area contributed by atoms with Crippen molar-refractivity contribution >= 4 is 18.4 Å². The second kappa shape index (κ2) is 8.61. The van der Waals surface area contributed by atoms with Gasteiger partial charge in [0.05, 0.1) is 6.61 Å². The average molecular weight is 315 g/mol. The van der Waals surface area contributed by atoms with Gasteiger partial charge in [-0.05, 0) is 37.1 Å². The van der Waals surface area contributed by atoms with Crippen LogP contribution >= 0.6 is 12.6 Å². The fourth-order valence-corrected chi connectivity index (χ4v) is 2.27. The molecule has 0 bridgehead atoms. The molecule has 0 radical (unpaired) electrons. The summed E-state index contributed by atoms with van der Waals surface area (Å²) in [6.45, 7) is 0.619. The average Bonchev–Trinajstić information content (AvgIpc) is 2.59. The van der Waals surface area contributed by atoms with E-state index in [1.165, 1.54) is 0 Å². The van der Waals surface area contributed by atoms with Crippen molar-refractivity contribution in [2.45, 2.75) is 18.9 Å². The van der Waals surface area contributed by atoms with E-state index in [1.807, 2.05) is 42.5 Å². The van der Waals surface area contributed by atoms with E-state index < -0.39 is 0 Å². The zero-order valence-electron chi connectivity index (χ0n) is 12.4. The third-order valence-electron chi connectivity index (χ3n) is 3.37. The van der Waals surface area contributed by atoms with Gasteiger partial charge >= 0.3 is 0 Å². The minimum atomic E-state index is 0.0203. The van der Waals surface area contributed by atoms with Crippen molar-refractivity contribution in [1.82, 2.24) is 0 Å². The molecule has 0 fully saturated rings. The molecule has 22 heavy (non-hydrogen) atoms. The van der Waals surface area contributed by atoms with Crippen molar-refractivity contribution in [2.75, 3.05) is 12.4 Å². The van der Waals surface area contributed by atoms with Crippen LogP contribution in [0.2, 0.25) is 0 Å². The van der Waals surface area contributed by atoms with Crippen molar-refractivity contribution in [2.24, 2.45) is 5.73 Å². The van der Waals surface area contributed by atoms with E-state index in [0.29, 0.717) is 23.5 Å². The van der Waals surface area contributed by atoms with Crippen LogP contribution in [-0.4, -0.2) is 24.2 Å². The van der Waals surface area contributed by atoms with Crippen LogP contribution in [0.25, 0.3) is 0 Å². The zero-order chi connectivity index (χ0) is 15.8. The van der Waals surface area contributed by atoms with Crippen molar-refractivity contribution in [1.29, 1.82) is 0 Å². The molecule has 2 aromatic carbocycles. The zero-order valence-corrected chi connectivity index (χ0v) is 13.3. The third kappa shape index (κ3) is 4.90. The Morgan fingerprint density at radius 3 is 2.32 bits per heavy atom. The molecule has 0 aliphatic carbocycles. The van der Waals surface area contributed by atoms with Crippen LogP contribution in [0, 0.1) is 0 Å². The summed E-state index contributed by atoms with van der Waals surface area (Å²) in [6.07, 6.45) is 1.79. The molecule has 0 amide bonds. The number of nitrogens with two attached hydrogens (primary N) is 1. The number of rotatable bonds is 8. The van der Waals surface area contributed by atoms with Gasteiger partial charge < -0.3 is 10.5 Å². The van der Waals surface area contributed by atoms with E-state index in [9.17, 15) is 4.79 Å². The maximum absolute atomic E-state index is 12.3. The largest absolute Gasteiger partial charge is 0.494 e. The molecule has 116 valence electrons. The molecule has 0 spiro atoms. The summed E-state index contributed by atoms with van der Waals surface area (Å²) in [4.78, 5) is 12.3. The SMILES string of the molecule is N[C@H](CS)CCCOc1ccc(C(=O)c2ccccc2)cc1. The fraction of sp³-hybridized carbons (Fsp3) is 0.278. The van der Waals surface area contributed by atoms with E-state index in [2.05, 4.69) is 12.6 Å². The van der Waals surface area contributed by atoms with Gasteiger partial charge in [0.1, 0.15) is 5.75 Å². The smallest absolute Gasteiger partial charge is 0.193 e. The fourth-order valence-electron chi connectivity index (χ4n) is 2.09. The van der Waals surface area contributed by atoms with E-state index in [4.69, 9.17) is 10.5 Å². The van der Waals surface area contributed by atoms with Gasteiger partial charge in [-0.15, -0.1) is 0 Å². The number of benzene rings is 2. The van der Waals surface area contributed by atoms with Crippen molar-refractivity contribution in [3.63, 3.8) is 0 Å². The number of carbonyl (C=O) groups excluding carboxylic acids is 1. The van der Waals surface area contributed by atoms with Gasteiger partial charge in [0.25, 0.3) is 0 Å². The first-order valence-electron chi connectivity index (χ1n) is 7.40. The van der Waals surface area contributed by atoms with Gasteiger partial charge in [-0.1, -0.05) is 30.3 Å². The number of hydrogen-bond donors (Lipinski definition) is 2. The summed E-state index contributed by atoms with van der Waals surface area (Å²) < 4.78 is 5.65. The maximum Gasteiger partial charge on any atom is 0.193 e. The Morgan fingerprint density at radius 2 is 1.68 bits per heavy atom. The van der Waals surface area contributed by atoms with Crippen molar-refractivity contribution in [3.8, 4) is 5.75 Å². The Bertz CT molecular complexity index is 584. The maximum atomic E-state index is 12.3. The summed E-state index contributed by atoms with van der Waals surface area (Å²) in [5.41, 5.74) is 7.15. The summed E-state index contributed by atoms with van der Waals surface area (Å²) in [7, 11) is 0. The van der Waals surface area contributed by atoms with Gasteiger partial charge in [0.15, 0.2) is 5.78 Å². The molecule has 0 aromatic heterocycles. The number of carbonyl (C=O) groups is 1. The van der Waals surface area contributed by atoms with Gasteiger partial charge in [-0.2, -0.15) is 12.6 Å². The van der Waals surface area contributed by atoms with Crippen molar-refractivity contribution < 1.29 is 9.53 Å². The molecule has 2 N–H and O–H groups in total. The Balaban J connectivity index is 1.87. The van der Waals surface area contributed by atoms with Gasteiger partial charge in [0.2, 0.25) is 0 Å². The predicted molar refractivity (Wildman–Crippen MR) is 92.9 cm³/mol. The minimum absolute atomic E-state index is 0.0203. The lowest BCUT2D eigenvalue weighted by Crippen LogP contribution is -2.22. The summed E-state index contributed by atoms with van der Waals surface area (Å²) in [5, 5.41) is 0. The molecule has 0 heterocycles. The van der Waals surface area contributed by atoms with Crippen LogP contribution < -0.4 is 10.5 Å². The Morgan fingerprint density at radius 1 is 1.05 bits per heavy atom. The quantitative estimate of drug-likeness (QED) is 0.446. The number of ketones is 1. The highest BCUT2D eigenvalue weighted by atomic mass is 32.1. The predicted octanol–water partition coefficient (Wildman–Crippen LogP) is 3.33. The molecule has 0 saturated carbocycles. The highest BCUT2D eigenvalue weighted by Crippen LogP contribution is 2.16. The van der Waals surface area contributed by atoms with E-state index in [0.717, 1.165) is 18.6 Å². The Kier molecular flexibility index (Phi) is 6.49. The monoisotopic (exact) mass is 315 g/mol. The third-order valence-corrected chi connectivity index (χ3v) is 3.84. The molecular weight excluding hydrogens is 294 g/mol. The van der Waals surface area contributed by atoms with Crippen LogP contribution in [-0.2, 0) is 0 Å². The molecule has 0 aliphatic heterocycles. The summed E-state index contributed by atoms with van der Waals surface area (Å²) in [5.74, 6) is 1.48. The normalized spacial score (nSPS) is 11.9. The summed E-state index contributed by atoms with van der Waals surface area (Å²) >= 11 is 4.15. The van der Waals surface area contributed by atoms with E-state index in [1.54, 1.807) is 12.1 Å². The van der Waals surface area contributed by atoms with E-state index in [-0.39, 0.29) is 11.8 Å². The molecule has 0 aliphatic rings. The first-order chi connectivity index (χ1) is 10.7. The highest BCUT2D eigenvalue weighted by molar-refractivity contribution is 7.80. The Hall–Kier alpha value is -1.78. The number of ether oxygens (including phenoxy) is 1. The van der Waals surface area contributed by atoms with Gasteiger partial charge in [0, 0.05) is 22.9 Å². The second-order valence-corrected chi connectivity index (χ2v) is 5.52. The van der Waals surface area contributed by atoms with E-state index >= 15 is 0 Å². The molecule has 4 heteroatoms. The first kappa shape index (κ1) is 16.6. The van der Waals surface area contributed by atoms with Crippen LogP contribution in [0.15, 0.2) is 54.6 Å². The molecular formula is C18H21NO2S. The van der Waals surface area contributed by atoms with Crippen LogP contribution in [0.1, 0.15) is 28.8 Å². The minimum Gasteiger partial charge on any atom is -0.494 e. The van der Waals surface area contributed by atoms with Gasteiger partial charge in [-0.3, -0.25) is 4.79 Å².